The maximum atomic E-state index is 12.8. The summed E-state index contributed by atoms with van der Waals surface area (Å²) in [5, 5.41) is 1.94. The van der Waals surface area contributed by atoms with Crippen LogP contribution in [0, 0.1) is 6.92 Å². The number of ether oxygens (including phenoxy) is 2. The zero-order chi connectivity index (χ0) is 20.9. The fraction of sp³-hybridized carbons (Fsp3) is 0.389. The standard InChI is InChI=1S/C18H24N4O4S2/c1-11-9-19-17(20-10-11)12(2)13(3)28(23,24)22-18(27)21-16-14(25-4)7-6-8-15(16)26-5/h6-10,12-13H,1-5H3,(H2,21,22,27)/t12-,13-/m0/s1. The Morgan fingerprint density at radius 1 is 1.11 bits per heavy atom. The predicted octanol–water partition coefficient (Wildman–Crippen LogP) is 2.61. The third kappa shape index (κ3) is 5.08. The van der Waals surface area contributed by atoms with E-state index in [0.29, 0.717) is 23.0 Å². The zero-order valence-electron chi connectivity index (χ0n) is 16.4. The molecule has 0 radical (unpaired) electrons. The van der Waals surface area contributed by atoms with Gasteiger partial charge in [0.15, 0.2) is 5.11 Å². The molecule has 0 unspecified atom stereocenters. The summed E-state index contributed by atoms with van der Waals surface area (Å²) in [5.41, 5.74) is 1.34. The molecule has 0 saturated heterocycles. The second kappa shape index (κ2) is 9.16. The third-order valence-corrected chi connectivity index (χ3v) is 6.51. The number of aromatic nitrogens is 2. The van der Waals surface area contributed by atoms with Crippen LogP contribution in [0.2, 0.25) is 0 Å². The topological polar surface area (TPSA) is 102 Å². The fourth-order valence-electron chi connectivity index (χ4n) is 2.45. The van der Waals surface area contributed by atoms with Crippen molar-refractivity contribution in [1.29, 1.82) is 0 Å². The number of nitrogens with zero attached hydrogens (tertiary/aromatic N) is 2. The largest absolute Gasteiger partial charge is 0.494 e. The summed E-state index contributed by atoms with van der Waals surface area (Å²) in [7, 11) is -0.795. The van der Waals surface area contributed by atoms with Gasteiger partial charge in [-0.05, 0) is 43.8 Å². The lowest BCUT2D eigenvalue weighted by atomic mass is 10.1. The molecule has 2 N–H and O–H groups in total. The number of rotatable bonds is 7. The van der Waals surface area contributed by atoms with E-state index in [1.165, 1.54) is 14.2 Å². The van der Waals surface area contributed by atoms with E-state index >= 15 is 0 Å². The van der Waals surface area contributed by atoms with Crippen molar-refractivity contribution in [3.63, 3.8) is 0 Å². The molecule has 0 aliphatic carbocycles. The number of benzene rings is 1. The van der Waals surface area contributed by atoms with Gasteiger partial charge in [-0.3, -0.25) is 4.72 Å². The molecule has 1 aromatic carbocycles. The summed E-state index contributed by atoms with van der Waals surface area (Å²) in [6, 6.07) is 5.17. The zero-order valence-corrected chi connectivity index (χ0v) is 18.0. The van der Waals surface area contributed by atoms with Crippen LogP contribution in [0.4, 0.5) is 5.69 Å². The normalized spacial score (nSPS) is 13.3. The molecule has 1 heterocycles. The van der Waals surface area contributed by atoms with Crippen LogP contribution in [-0.2, 0) is 10.0 Å². The number of para-hydroxylation sites is 1. The number of aryl methyl sites for hydroxylation is 1. The summed E-state index contributed by atoms with van der Waals surface area (Å²) in [4.78, 5) is 8.44. The Labute approximate surface area is 170 Å². The summed E-state index contributed by atoms with van der Waals surface area (Å²) in [6.45, 7) is 5.21. The predicted molar refractivity (Wildman–Crippen MR) is 112 cm³/mol. The summed E-state index contributed by atoms with van der Waals surface area (Å²) < 4.78 is 38.5. The fourth-order valence-corrected chi connectivity index (χ4v) is 4.06. The van der Waals surface area contributed by atoms with Crippen LogP contribution in [0.3, 0.4) is 0 Å². The average molecular weight is 425 g/mol. The van der Waals surface area contributed by atoms with Crippen LogP contribution in [0.1, 0.15) is 31.2 Å². The van der Waals surface area contributed by atoms with E-state index in [0.717, 1.165) is 5.56 Å². The van der Waals surface area contributed by atoms with Crippen molar-refractivity contribution in [3.8, 4) is 11.5 Å². The molecule has 2 aromatic rings. The lowest BCUT2D eigenvalue weighted by Gasteiger charge is -2.21. The average Bonchev–Trinajstić information content (AvgIpc) is 2.67. The SMILES string of the molecule is COc1cccc(OC)c1NC(=S)NS(=O)(=O)[C@@H](C)[C@H](C)c1ncc(C)cn1. The molecule has 0 aliphatic heterocycles. The number of nitrogens with one attached hydrogen (secondary N) is 2. The lowest BCUT2D eigenvalue weighted by Crippen LogP contribution is -2.41. The highest BCUT2D eigenvalue weighted by Gasteiger charge is 2.30. The highest BCUT2D eigenvalue weighted by Crippen LogP contribution is 2.34. The van der Waals surface area contributed by atoms with Crippen LogP contribution in [0.5, 0.6) is 11.5 Å². The molecule has 2 rings (SSSR count). The first kappa shape index (κ1) is 21.8. The first-order valence-electron chi connectivity index (χ1n) is 8.51. The van der Waals surface area contributed by atoms with Crippen LogP contribution in [0.25, 0.3) is 0 Å². The highest BCUT2D eigenvalue weighted by molar-refractivity contribution is 7.92. The van der Waals surface area contributed by atoms with Crippen molar-refractivity contribution < 1.29 is 17.9 Å². The molecular formula is C18H24N4O4S2. The molecule has 0 bridgehead atoms. The molecule has 8 nitrogen and oxygen atoms in total. The Kier molecular flexibility index (Phi) is 7.14. The second-order valence-corrected chi connectivity index (χ2v) is 8.70. The molecule has 0 amide bonds. The molecule has 1 aromatic heterocycles. The van der Waals surface area contributed by atoms with Gasteiger partial charge in [0.2, 0.25) is 10.0 Å². The van der Waals surface area contributed by atoms with Crippen molar-refractivity contribution in [2.45, 2.75) is 31.9 Å². The number of methoxy groups -OCH3 is 2. The van der Waals surface area contributed by atoms with E-state index < -0.39 is 21.2 Å². The number of sulfonamides is 1. The molecule has 0 aliphatic rings. The van der Waals surface area contributed by atoms with Gasteiger partial charge in [-0.1, -0.05) is 13.0 Å². The third-order valence-electron chi connectivity index (χ3n) is 4.30. The van der Waals surface area contributed by atoms with Crippen LogP contribution in [0.15, 0.2) is 30.6 Å². The van der Waals surface area contributed by atoms with Crippen molar-refractivity contribution in [1.82, 2.24) is 14.7 Å². The Morgan fingerprint density at radius 2 is 1.64 bits per heavy atom. The monoisotopic (exact) mass is 424 g/mol. The minimum absolute atomic E-state index is 0.0910. The minimum atomic E-state index is -3.79. The first-order chi connectivity index (χ1) is 13.2. The quantitative estimate of drug-likeness (QED) is 0.654. The maximum Gasteiger partial charge on any atom is 0.237 e. The van der Waals surface area contributed by atoms with Gasteiger partial charge in [-0.2, -0.15) is 0 Å². The summed E-state index contributed by atoms with van der Waals surface area (Å²) in [6.07, 6.45) is 3.32. The van der Waals surface area contributed by atoms with E-state index in [1.807, 2.05) is 6.92 Å². The van der Waals surface area contributed by atoms with Crippen molar-refractivity contribution in [2.75, 3.05) is 19.5 Å². The maximum absolute atomic E-state index is 12.8. The number of thiocarbonyl (C=S) groups is 1. The Morgan fingerprint density at radius 3 is 2.14 bits per heavy atom. The highest BCUT2D eigenvalue weighted by atomic mass is 32.2. The molecule has 152 valence electrons. The van der Waals surface area contributed by atoms with E-state index in [2.05, 4.69) is 20.0 Å². The minimum Gasteiger partial charge on any atom is -0.494 e. The van der Waals surface area contributed by atoms with Crippen molar-refractivity contribution in [3.05, 3.63) is 42.0 Å². The van der Waals surface area contributed by atoms with Crippen LogP contribution >= 0.6 is 12.2 Å². The van der Waals surface area contributed by atoms with Gasteiger partial charge in [0, 0.05) is 18.3 Å². The van der Waals surface area contributed by atoms with Gasteiger partial charge in [-0.15, -0.1) is 0 Å². The van der Waals surface area contributed by atoms with Gasteiger partial charge < -0.3 is 14.8 Å². The molecule has 0 fully saturated rings. The van der Waals surface area contributed by atoms with Gasteiger partial charge in [0.05, 0.1) is 19.5 Å². The molecule has 0 saturated carbocycles. The Balaban J connectivity index is 2.15. The molecule has 10 heteroatoms. The van der Waals surface area contributed by atoms with Gasteiger partial charge in [-0.25, -0.2) is 18.4 Å². The number of hydrogen-bond donors (Lipinski definition) is 2. The van der Waals surface area contributed by atoms with E-state index in [4.69, 9.17) is 21.7 Å². The number of hydrogen-bond acceptors (Lipinski definition) is 7. The first-order valence-corrected chi connectivity index (χ1v) is 10.5. The van der Waals surface area contributed by atoms with Gasteiger partial charge in [0.1, 0.15) is 23.0 Å². The van der Waals surface area contributed by atoms with Gasteiger partial charge >= 0.3 is 0 Å². The molecular weight excluding hydrogens is 400 g/mol. The van der Waals surface area contributed by atoms with Gasteiger partial charge in [0.25, 0.3) is 0 Å². The summed E-state index contributed by atoms with van der Waals surface area (Å²) >= 11 is 5.20. The van der Waals surface area contributed by atoms with Crippen molar-refractivity contribution in [2.24, 2.45) is 0 Å². The van der Waals surface area contributed by atoms with E-state index in [-0.39, 0.29) is 5.11 Å². The Hall–Kier alpha value is -2.46. The molecule has 0 spiro atoms. The molecule has 2 atom stereocenters. The summed E-state index contributed by atoms with van der Waals surface area (Å²) in [5.74, 6) is 0.959. The Bertz CT molecular complexity index is 911. The van der Waals surface area contributed by atoms with Crippen LogP contribution < -0.4 is 19.5 Å². The van der Waals surface area contributed by atoms with Crippen LogP contribution in [-0.4, -0.2) is 43.0 Å². The molecule has 28 heavy (non-hydrogen) atoms. The second-order valence-electron chi connectivity index (χ2n) is 6.25. The lowest BCUT2D eigenvalue weighted by molar-refractivity contribution is 0.398. The van der Waals surface area contributed by atoms with E-state index in [1.54, 1.807) is 44.4 Å². The van der Waals surface area contributed by atoms with E-state index in [9.17, 15) is 8.42 Å². The van der Waals surface area contributed by atoms with Crippen molar-refractivity contribution >= 4 is 33.0 Å². The number of anilines is 1. The smallest absolute Gasteiger partial charge is 0.237 e.